The number of hydrogen-bond donors (Lipinski definition) is 3. The number of carbonyl (C=O) groups excluding carboxylic acids is 4. The lowest BCUT2D eigenvalue weighted by Crippen LogP contribution is -2.47. The molecule has 0 aromatic heterocycles. The van der Waals surface area contributed by atoms with Crippen LogP contribution in [0.5, 0.6) is 0 Å². The van der Waals surface area contributed by atoms with Gasteiger partial charge in [0, 0.05) is 36.6 Å². The van der Waals surface area contributed by atoms with E-state index >= 15 is 0 Å². The third-order valence-electron chi connectivity index (χ3n) is 7.50. The Morgan fingerprint density at radius 2 is 1.76 bits per heavy atom. The van der Waals surface area contributed by atoms with Gasteiger partial charge in [0.1, 0.15) is 30.2 Å². The van der Waals surface area contributed by atoms with E-state index in [1.807, 2.05) is 36.4 Å². The van der Waals surface area contributed by atoms with Crippen molar-refractivity contribution in [2.75, 3.05) is 13.1 Å². The lowest BCUT2D eigenvalue weighted by Gasteiger charge is -2.42. The normalized spacial score (nSPS) is 19.5. The van der Waals surface area contributed by atoms with Gasteiger partial charge in [-0.2, -0.15) is 0 Å². The SMILES string of the molecule is C[C@@H](CCCNC(=O)OCc1ccccc1)C(=O)NCCC(=O)OC1CC2=C(OC1(C)C)c1ccccc1C(O)C2=O. The summed E-state index contributed by atoms with van der Waals surface area (Å²) >= 11 is 0. The summed E-state index contributed by atoms with van der Waals surface area (Å²) in [6, 6.07) is 16.4. The van der Waals surface area contributed by atoms with Gasteiger partial charge in [-0.25, -0.2) is 4.79 Å². The molecule has 0 spiro atoms. The number of aliphatic hydroxyl groups excluding tert-OH is 1. The van der Waals surface area contributed by atoms with Crippen LogP contribution in [0.25, 0.3) is 5.76 Å². The van der Waals surface area contributed by atoms with Gasteiger partial charge < -0.3 is 30.0 Å². The Bertz CT molecular complexity index is 1340. The largest absolute Gasteiger partial charge is 0.483 e. The zero-order valence-corrected chi connectivity index (χ0v) is 24.2. The summed E-state index contributed by atoms with van der Waals surface area (Å²) in [6.45, 7) is 6.01. The average molecular weight is 579 g/mol. The number of ether oxygens (including phenoxy) is 3. The smallest absolute Gasteiger partial charge is 0.407 e. The average Bonchev–Trinajstić information content (AvgIpc) is 2.98. The van der Waals surface area contributed by atoms with Gasteiger partial charge in [0.05, 0.1) is 6.42 Å². The summed E-state index contributed by atoms with van der Waals surface area (Å²) in [5, 5.41) is 15.9. The van der Waals surface area contributed by atoms with Crippen molar-refractivity contribution in [3.63, 3.8) is 0 Å². The second-order valence-electron chi connectivity index (χ2n) is 11.1. The molecule has 2 amide bonds. The zero-order valence-electron chi connectivity index (χ0n) is 24.2. The second kappa shape index (κ2) is 13.7. The van der Waals surface area contributed by atoms with Gasteiger partial charge in [0.25, 0.3) is 0 Å². The molecule has 0 saturated heterocycles. The molecule has 3 atom stereocenters. The van der Waals surface area contributed by atoms with Gasteiger partial charge in [-0.3, -0.25) is 14.4 Å². The molecular formula is C32H38N2O8. The monoisotopic (exact) mass is 578 g/mol. The number of hydrogen-bond acceptors (Lipinski definition) is 8. The number of benzene rings is 2. The first kappa shape index (κ1) is 30.8. The number of carbonyl (C=O) groups is 4. The van der Waals surface area contributed by atoms with Gasteiger partial charge in [-0.15, -0.1) is 0 Å². The third kappa shape index (κ3) is 7.55. The maximum atomic E-state index is 12.9. The minimum Gasteiger partial charge on any atom is -0.483 e. The van der Waals surface area contributed by atoms with Crippen LogP contribution in [0, 0.1) is 5.92 Å². The predicted octanol–water partition coefficient (Wildman–Crippen LogP) is 3.97. The van der Waals surface area contributed by atoms with Crippen molar-refractivity contribution in [1.82, 2.24) is 10.6 Å². The first-order valence-corrected chi connectivity index (χ1v) is 14.2. The highest BCUT2D eigenvalue weighted by molar-refractivity contribution is 6.08. The van der Waals surface area contributed by atoms with Crippen LogP contribution in [-0.2, 0) is 35.2 Å². The van der Waals surface area contributed by atoms with Gasteiger partial charge in [0.2, 0.25) is 5.91 Å². The Morgan fingerprint density at radius 3 is 2.52 bits per heavy atom. The zero-order chi connectivity index (χ0) is 30.3. The number of esters is 1. The van der Waals surface area contributed by atoms with Gasteiger partial charge in [0.15, 0.2) is 5.78 Å². The molecule has 0 fully saturated rings. The van der Waals surface area contributed by atoms with Crippen LogP contribution < -0.4 is 10.6 Å². The third-order valence-corrected chi connectivity index (χ3v) is 7.50. The number of rotatable bonds is 11. The Morgan fingerprint density at radius 1 is 1.05 bits per heavy atom. The quantitative estimate of drug-likeness (QED) is 0.269. The first-order valence-electron chi connectivity index (χ1n) is 14.2. The second-order valence-corrected chi connectivity index (χ2v) is 11.1. The fraction of sp³-hybridized carbons (Fsp3) is 0.438. The van der Waals surface area contributed by atoms with Gasteiger partial charge >= 0.3 is 12.1 Å². The van der Waals surface area contributed by atoms with Crippen LogP contribution in [0.3, 0.4) is 0 Å². The van der Waals surface area contributed by atoms with Gasteiger partial charge in [-0.1, -0.05) is 61.5 Å². The molecule has 1 aliphatic carbocycles. The maximum Gasteiger partial charge on any atom is 0.407 e. The highest BCUT2D eigenvalue weighted by Gasteiger charge is 2.46. The molecule has 4 rings (SSSR count). The van der Waals surface area contributed by atoms with E-state index in [4.69, 9.17) is 14.2 Å². The van der Waals surface area contributed by atoms with Crippen LogP contribution >= 0.6 is 0 Å². The van der Waals surface area contributed by atoms with E-state index in [1.54, 1.807) is 39.0 Å². The number of aliphatic hydroxyl groups is 1. The number of fused-ring (bicyclic) bond motifs is 2. The minimum absolute atomic E-state index is 0.0504. The summed E-state index contributed by atoms with van der Waals surface area (Å²) in [7, 11) is 0. The topological polar surface area (TPSA) is 140 Å². The molecule has 1 heterocycles. The highest BCUT2D eigenvalue weighted by Crippen LogP contribution is 2.45. The predicted molar refractivity (Wildman–Crippen MR) is 154 cm³/mol. The number of nitrogens with one attached hydrogen (secondary N) is 2. The van der Waals surface area contributed by atoms with E-state index in [-0.39, 0.29) is 37.8 Å². The minimum atomic E-state index is -1.29. The molecule has 2 aromatic rings. The van der Waals surface area contributed by atoms with Crippen molar-refractivity contribution in [3.8, 4) is 0 Å². The summed E-state index contributed by atoms with van der Waals surface area (Å²) in [6.07, 6.45) is -1.34. The van der Waals surface area contributed by atoms with Crippen molar-refractivity contribution >= 4 is 29.5 Å². The molecular weight excluding hydrogens is 540 g/mol. The summed E-state index contributed by atoms with van der Waals surface area (Å²) in [5.41, 5.74) is 1.45. The lowest BCUT2D eigenvalue weighted by molar-refractivity contribution is -0.163. The van der Waals surface area contributed by atoms with Crippen LogP contribution in [-0.4, -0.2) is 53.7 Å². The molecule has 0 saturated carbocycles. The van der Waals surface area contributed by atoms with Crippen LogP contribution in [0.4, 0.5) is 4.79 Å². The van der Waals surface area contributed by atoms with E-state index in [0.29, 0.717) is 41.8 Å². The van der Waals surface area contributed by atoms with E-state index in [1.165, 1.54) is 0 Å². The molecule has 224 valence electrons. The van der Waals surface area contributed by atoms with Crippen molar-refractivity contribution in [2.24, 2.45) is 5.92 Å². The van der Waals surface area contributed by atoms with Crippen LogP contribution in [0.1, 0.15) is 69.2 Å². The Kier molecular flexibility index (Phi) is 10.0. The first-order chi connectivity index (χ1) is 20.1. The van der Waals surface area contributed by atoms with Crippen LogP contribution in [0.2, 0.25) is 0 Å². The van der Waals surface area contributed by atoms with E-state index < -0.39 is 35.7 Å². The highest BCUT2D eigenvalue weighted by atomic mass is 16.6. The molecule has 42 heavy (non-hydrogen) atoms. The fourth-order valence-electron chi connectivity index (χ4n) is 4.96. The van der Waals surface area contributed by atoms with Crippen molar-refractivity contribution < 1.29 is 38.5 Å². The van der Waals surface area contributed by atoms with Crippen LogP contribution in [0.15, 0.2) is 60.2 Å². The number of amides is 2. The maximum absolute atomic E-state index is 12.9. The summed E-state index contributed by atoms with van der Waals surface area (Å²) in [4.78, 5) is 49.8. The van der Waals surface area contributed by atoms with Gasteiger partial charge in [-0.05, 0) is 37.8 Å². The van der Waals surface area contributed by atoms with E-state index in [9.17, 15) is 24.3 Å². The molecule has 2 aliphatic rings. The molecule has 3 N–H and O–H groups in total. The molecule has 2 aromatic carbocycles. The molecule has 0 radical (unpaired) electrons. The Hall–Kier alpha value is -4.18. The number of alkyl carbamates (subject to hydrolysis) is 1. The molecule has 2 unspecified atom stereocenters. The Labute approximate surface area is 245 Å². The summed E-state index contributed by atoms with van der Waals surface area (Å²) < 4.78 is 17.0. The molecule has 10 nitrogen and oxygen atoms in total. The summed E-state index contributed by atoms with van der Waals surface area (Å²) in [5.74, 6) is -1.09. The molecule has 10 heteroatoms. The van der Waals surface area contributed by atoms with E-state index in [2.05, 4.69) is 10.6 Å². The standard InChI is InChI=1S/C32H38N2O8/c1-20(10-9-16-34-31(39)40-19-21-11-5-4-6-12-21)30(38)33-17-15-26(35)41-25-18-24-28(37)27(36)22-13-7-8-14-23(22)29(24)42-32(25,2)3/h4-8,11-14,20,25,27,36H,9-10,15-19H2,1-3H3,(H,33,38)(H,34,39)/t20-,25?,27?/m0/s1. The van der Waals surface area contributed by atoms with Crippen molar-refractivity contribution in [3.05, 3.63) is 76.9 Å². The van der Waals surface area contributed by atoms with Crippen molar-refractivity contribution in [1.29, 1.82) is 0 Å². The lowest BCUT2D eigenvalue weighted by atomic mass is 9.80. The Balaban J connectivity index is 1.16. The van der Waals surface area contributed by atoms with E-state index in [0.717, 1.165) is 5.56 Å². The number of ketones is 1. The molecule has 1 aliphatic heterocycles. The van der Waals surface area contributed by atoms with Crippen molar-refractivity contribution in [2.45, 2.75) is 70.9 Å². The molecule has 0 bridgehead atoms. The number of Topliss-reactive ketones (excluding diaryl/α,β-unsaturated/α-hetero) is 1. The fourth-order valence-corrected chi connectivity index (χ4v) is 4.96.